The number of benzene rings is 4. The number of rotatable bonds is 8. The Balaban J connectivity index is 1.31. The van der Waals surface area contributed by atoms with Crippen molar-refractivity contribution in [3.05, 3.63) is 114 Å². The van der Waals surface area contributed by atoms with Crippen LogP contribution in [0.25, 0.3) is 22.4 Å². The monoisotopic (exact) mass is 462 g/mol. The molecule has 0 unspecified atom stereocenters. The summed E-state index contributed by atoms with van der Waals surface area (Å²) in [5.74, 6) is 1.55. The Labute approximate surface area is 204 Å². The topological polar surface area (TPSA) is 53.4 Å². The average molecular weight is 463 g/mol. The first-order chi connectivity index (χ1) is 17.2. The van der Waals surface area contributed by atoms with E-state index in [-0.39, 0.29) is 6.61 Å². The van der Waals surface area contributed by atoms with Gasteiger partial charge in [0.05, 0.1) is 11.0 Å². The smallest absolute Gasteiger partial charge is 0.349 e. The molecule has 174 valence electrons. The molecule has 0 atom stereocenters. The highest BCUT2D eigenvalue weighted by atomic mass is 16.6. The molecule has 0 amide bonds. The summed E-state index contributed by atoms with van der Waals surface area (Å²) in [4.78, 5) is 17.2. The van der Waals surface area contributed by atoms with Crippen molar-refractivity contribution in [3.8, 4) is 22.9 Å². The number of hydrogen-bond acceptors (Lipinski definition) is 4. The van der Waals surface area contributed by atoms with Crippen molar-refractivity contribution in [2.45, 2.75) is 19.9 Å². The molecule has 0 bridgehead atoms. The SMILES string of the molecule is CCc1cccc(OCC(=O)Oc2ccc(-c3nc4ccccc4n3Cc3ccccc3)cc2)c1. The second-order valence-corrected chi connectivity index (χ2v) is 8.28. The van der Waals surface area contributed by atoms with Gasteiger partial charge in [0.25, 0.3) is 0 Å². The minimum Gasteiger partial charge on any atom is -0.482 e. The van der Waals surface area contributed by atoms with Gasteiger partial charge in [-0.05, 0) is 66.1 Å². The summed E-state index contributed by atoms with van der Waals surface area (Å²) >= 11 is 0. The van der Waals surface area contributed by atoms with Crippen LogP contribution >= 0.6 is 0 Å². The fraction of sp³-hybridized carbons (Fsp3) is 0.133. The number of aryl methyl sites for hydroxylation is 1. The van der Waals surface area contributed by atoms with Gasteiger partial charge in [0.2, 0.25) is 0 Å². The van der Waals surface area contributed by atoms with Crippen molar-refractivity contribution in [3.63, 3.8) is 0 Å². The number of esters is 1. The summed E-state index contributed by atoms with van der Waals surface area (Å²) in [6.07, 6.45) is 0.910. The summed E-state index contributed by atoms with van der Waals surface area (Å²) in [5, 5.41) is 0. The van der Waals surface area contributed by atoms with E-state index >= 15 is 0 Å². The molecule has 1 heterocycles. The molecule has 0 radical (unpaired) electrons. The van der Waals surface area contributed by atoms with Crippen molar-refractivity contribution >= 4 is 17.0 Å². The van der Waals surface area contributed by atoms with Gasteiger partial charge in [0.1, 0.15) is 17.3 Å². The molecule has 0 spiro atoms. The number of nitrogens with zero attached hydrogens (tertiary/aromatic N) is 2. The highest BCUT2D eigenvalue weighted by Crippen LogP contribution is 2.27. The lowest BCUT2D eigenvalue weighted by molar-refractivity contribution is -0.136. The van der Waals surface area contributed by atoms with Gasteiger partial charge in [-0.15, -0.1) is 0 Å². The Hall–Kier alpha value is -4.38. The van der Waals surface area contributed by atoms with E-state index in [1.165, 1.54) is 5.56 Å². The molecule has 0 aliphatic rings. The number of carbonyl (C=O) groups excluding carboxylic acids is 1. The van der Waals surface area contributed by atoms with E-state index in [0.29, 0.717) is 18.0 Å². The molecular formula is C30H26N2O3. The molecule has 5 rings (SSSR count). The van der Waals surface area contributed by atoms with Crippen LogP contribution in [-0.2, 0) is 17.8 Å². The second-order valence-electron chi connectivity index (χ2n) is 8.28. The maximum absolute atomic E-state index is 12.3. The van der Waals surface area contributed by atoms with Crippen molar-refractivity contribution in [1.29, 1.82) is 0 Å². The molecule has 5 nitrogen and oxygen atoms in total. The fourth-order valence-corrected chi connectivity index (χ4v) is 4.05. The van der Waals surface area contributed by atoms with Crippen molar-refractivity contribution in [2.75, 3.05) is 6.61 Å². The standard InChI is InChI=1S/C30H26N2O3/c1-2-22-11-8-12-26(19-22)34-21-29(33)35-25-17-15-24(16-18-25)30-31-27-13-6-7-14-28(27)32(30)20-23-9-4-3-5-10-23/h3-19H,2,20-21H2,1H3. The van der Waals surface area contributed by atoms with E-state index in [0.717, 1.165) is 34.4 Å². The molecule has 5 aromatic rings. The molecule has 1 aromatic heterocycles. The maximum atomic E-state index is 12.3. The number of imidazole rings is 1. The third kappa shape index (κ3) is 5.25. The quantitative estimate of drug-likeness (QED) is 0.201. The van der Waals surface area contributed by atoms with Crippen LogP contribution in [0.3, 0.4) is 0 Å². The van der Waals surface area contributed by atoms with E-state index in [2.05, 4.69) is 29.7 Å². The molecule has 0 aliphatic heterocycles. The zero-order valence-electron chi connectivity index (χ0n) is 19.6. The number of ether oxygens (including phenoxy) is 2. The summed E-state index contributed by atoms with van der Waals surface area (Å²) in [6.45, 7) is 2.64. The number of fused-ring (bicyclic) bond motifs is 1. The Kier molecular flexibility index (Phi) is 6.57. The maximum Gasteiger partial charge on any atom is 0.349 e. The van der Waals surface area contributed by atoms with Crippen molar-refractivity contribution in [2.24, 2.45) is 0 Å². The summed E-state index contributed by atoms with van der Waals surface area (Å²) in [7, 11) is 0. The average Bonchev–Trinajstić information content (AvgIpc) is 3.27. The van der Waals surface area contributed by atoms with Gasteiger partial charge < -0.3 is 14.0 Å². The Morgan fingerprint density at radius 2 is 1.54 bits per heavy atom. The van der Waals surface area contributed by atoms with Gasteiger partial charge in [-0.2, -0.15) is 0 Å². The van der Waals surface area contributed by atoms with Gasteiger partial charge >= 0.3 is 5.97 Å². The van der Waals surface area contributed by atoms with E-state index in [9.17, 15) is 4.79 Å². The van der Waals surface area contributed by atoms with Crippen LogP contribution in [0.5, 0.6) is 11.5 Å². The molecule has 0 saturated heterocycles. The third-order valence-corrected chi connectivity index (χ3v) is 5.85. The zero-order chi connectivity index (χ0) is 24.0. The summed E-state index contributed by atoms with van der Waals surface area (Å²) < 4.78 is 13.3. The normalized spacial score (nSPS) is 10.9. The number of para-hydroxylation sites is 2. The Morgan fingerprint density at radius 1 is 0.800 bits per heavy atom. The van der Waals surface area contributed by atoms with Crippen LogP contribution in [0.2, 0.25) is 0 Å². The fourth-order valence-electron chi connectivity index (χ4n) is 4.05. The van der Waals surface area contributed by atoms with Crippen LogP contribution in [0, 0.1) is 0 Å². The molecule has 5 heteroatoms. The molecule has 0 aliphatic carbocycles. The van der Waals surface area contributed by atoms with Crippen LogP contribution in [0.15, 0.2) is 103 Å². The lowest BCUT2D eigenvalue weighted by Gasteiger charge is -2.11. The first-order valence-electron chi connectivity index (χ1n) is 11.7. The minimum atomic E-state index is -0.448. The van der Waals surface area contributed by atoms with E-state index < -0.39 is 5.97 Å². The van der Waals surface area contributed by atoms with E-state index in [1.54, 1.807) is 12.1 Å². The molecule has 35 heavy (non-hydrogen) atoms. The highest BCUT2D eigenvalue weighted by Gasteiger charge is 2.14. The highest BCUT2D eigenvalue weighted by molar-refractivity contribution is 5.81. The van der Waals surface area contributed by atoms with Crippen LogP contribution < -0.4 is 9.47 Å². The summed E-state index contributed by atoms with van der Waals surface area (Å²) in [5.41, 5.74) is 5.32. The van der Waals surface area contributed by atoms with Gasteiger partial charge in [0, 0.05) is 12.1 Å². The van der Waals surface area contributed by atoms with Crippen LogP contribution in [-0.4, -0.2) is 22.1 Å². The predicted octanol–water partition coefficient (Wildman–Crippen LogP) is 6.30. The molecule has 0 N–H and O–H groups in total. The second kappa shape index (κ2) is 10.3. The van der Waals surface area contributed by atoms with Crippen molar-refractivity contribution < 1.29 is 14.3 Å². The van der Waals surface area contributed by atoms with Crippen LogP contribution in [0.4, 0.5) is 0 Å². The first kappa shape index (κ1) is 22.4. The van der Waals surface area contributed by atoms with Gasteiger partial charge in [-0.1, -0.05) is 61.5 Å². The summed E-state index contributed by atoms with van der Waals surface area (Å²) in [6, 6.07) is 33.6. The number of hydrogen-bond donors (Lipinski definition) is 0. The lowest BCUT2D eigenvalue weighted by atomic mass is 10.2. The molecule has 4 aromatic carbocycles. The molecule has 0 saturated carbocycles. The lowest BCUT2D eigenvalue weighted by Crippen LogP contribution is -2.17. The largest absolute Gasteiger partial charge is 0.482 e. The van der Waals surface area contributed by atoms with Gasteiger partial charge in [-0.3, -0.25) is 0 Å². The predicted molar refractivity (Wildman–Crippen MR) is 138 cm³/mol. The molecular weight excluding hydrogens is 436 g/mol. The third-order valence-electron chi connectivity index (χ3n) is 5.85. The first-order valence-corrected chi connectivity index (χ1v) is 11.7. The van der Waals surface area contributed by atoms with Gasteiger partial charge in [-0.25, -0.2) is 9.78 Å². The number of aromatic nitrogens is 2. The Bertz CT molecular complexity index is 1440. The zero-order valence-corrected chi connectivity index (χ0v) is 19.6. The number of carbonyl (C=O) groups is 1. The minimum absolute atomic E-state index is 0.151. The van der Waals surface area contributed by atoms with E-state index in [4.69, 9.17) is 14.5 Å². The van der Waals surface area contributed by atoms with E-state index in [1.807, 2.05) is 72.8 Å². The van der Waals surface area contributed by atoms with Crippen molar-refractivity contribution in [1.82, 2.24) is 9.55 Å². The van der Waals surface area contributed by atoms with Crippen LogP contribution in [0.1, 0.15) is 18.1 Å². The van der Waals surface area contributed by atoms with Gasteiger partial charge in [0.15, 0.2) is 6.61 Å². The Morgan fingerprint density at radius 3 is 2.34 bits per heavy atom. The molecule has 0 fully saturated rings.